The van der Waals surface area contributed by atoms with Gasteiger partial charge in [-0.05, 0) is 25.7 Å². The SMILES string of the molecule is O=C(O)CCC1(O)CCCOCC1. The third-order valence-corrected chi connectivity index (χ3v) is 2.45. The van der Waals surface area contributed by atoms with Crippen molar-refractivity contribution >= 4 is 5.97 Å². The molecule has 0 amide bonds. The lowest BCUT2D eigenvalue weighted by atomic mass is 9.90. The Kier molecular flexibility index (Phi) is 3.69. The minimum absolute atomic E-state index is 0.0382. The fourth-order valence-electron chi connectivity index (χ4n) is 1.58. The zero-order valence-electron chi connectivity index (χ0n) is 7.66. The zero-order chi connectivity index (χ0) is 9.73. The first kappa shape index (κ1) is 10.5. The Balaban J connectivity index is 2.37. The van der Waals surface area contributed by atoms with Crippen LogP contribution in [0.3, 0.4) is 0 Å². The van der Waals surface area contributed by atoms with Crippen LogP contribution in [-0.2, 0) is 9.53 Å². The summed E-state index contributed by atoms with van der Waals surface area (Å²) in [7, 11) is 0. The molecule has 1 heterocycles. The highest BCUT2D eigenvalue weighted by Gasteiger charge is 2.28. The van der Waals surface area contributed by atoms with Gasteiger partial charge in [0.25, 0.3) is 0 Å². The third kappa shape index (κ3) is 3.74. The molecule has 1 aliphatic rings. The Morgan fingerprint density at radius 3 is 2.85 bits per heavy atom. The molecule has 13 heavy (non-hydrogen) atoms. The molecule has 0 aliphatic carbocycles. The summed E-state index contributed by atoms with van der Waals surface area (Å²) in [6.45, 7) is 1.21. The molecule has 1 aliphatic heterocycles. The van der Waals surface area contributed by atoms with Gasteiger partial charge in [-0.15, -0.1) is 0 Å². The molecule has 1 fully saturated rings. The van der Waals surface area contributed by atoms with Gasteiger partial charge in [0.2, 0.25) is 0 Å². The van der Waals surface area contributed by atoms with E-state index in [0.29, 0.717) is 32.5 Å². The number of carboxylic acids is 1. The van der Waals surface area contributed by atoms with E-state index in [9.17, 15) is 9.90 Å². The van der Waals surface area contributed by atoms with Crippen molar-refractivity contribution in [3.05, 3.63) is 0 Å². The molecule has 1 rings (SSSR count). The van der Waals surface area contributed by atoms with Gasteiger partial charge in [0.05, 0.1) is 5.60 Å². The van der Waals surface area contributed by atoms with E-state index in [1.165, 1.54) is 0 Å². The maximum Gasteiger partial charge on any atom is 0.303 e. The third-order valence-electron chi connectivity index (χ3n) is 2.45. The fourth-order valence-corrected chi connectivity index (χ4v) is 1.58. The fraction of sp³-hybridized carbons (Fsp3) is 0.889. The first-order chi connectivity index (χ1) is 6.12. The summed E-state index contributed by atoms with van der Waals surface area (Å²) in [6.07, 6.45) is 2.40. The van der Waals surface area contributed by atoms with Crippen LogP contribution in [0.4, 0.5) is 0 Å². The van der Waals surface area contributed by atoms with E-state index in [4.69, 9.17) is 9.84 Å². The molecule has 0 aromatic heterocycles. The van der Waals surface area contributed by atoms with Crippen LogP contribution in [0.15, 0.2) is 0 Å². The van der Waals surface area contributed by atoms with Gasteiger partial charge in [0.1, 0.15) is 0 Å². The van der Waals surface area contributed by atoms with Crippen LogP contribution in [0.25, 0.3) is 0 Å². The van der Waals surface area contributed by atoms with Gasteiger partial charge in [0, 0.05) is 19.6 Å². The summed E-state index contributed by atoms with van der Waals surface area (Å²) in [5.74, 6) is -0.849. The van der Waals surface area contributed by atoms with Crippen LogP contribution in [0.2, 0.25) is 0 Å². The average Bonchev–Trinajstić information content (AvgIpc) is 2.28. The lowest BCUT2D eigenvalue weighted by Crippen LogP contribution is -2.29. The molecular weight excluding hydrogens is 172 g/mol. The average molecular weight is 188 g/mol. The maximum atomic E-state index is 10.3. The Morgan fingerprint density at radius 1 is 1.38 bits per heavy atom. The smallest absolute Gasteiger partial charge is 0.303 e. The van der Waals surface area contributed by atoms with Crippen LogP contribution in [-0.4, -0.2) is 35.0 Å². The summed E-state index contributed by atoms with van der Waals surface area (Å²) in [5, 5.41) is 18.4. The normalized spacial score (nSPS) is 29.6. The highest BCUT2D eigenvalue weighted by Crippen LogP contribution is 2.25. The molecule has 0 aromatic carbocycles. The van der Waals surface area contributed by atoms with E-state index in [1.54, 1.807) is 0 Å². The number of rotatable bonds is 3. The molecular formula is C9H16O4. The first-order valence-electron chi connectivity index (χ1n) is 4.64. The Morgan fingerprint density at radius 2 is 2.15 bits per heavy atom. The molecule has 1 unspecified atom stereocenters. The van der Waals surface area contributed by atoms with Gasteiger partial charge in [0.15, 0.2) is 0 Å². The summed E-state index contributed by atoms with van der Waals surface area (Å²) in [6, 6.07) is 0. The number of hydrogen-bond donors (Lipinski definition) is 2. The molecule has 76 valence electrons. The molecule has 0 saturated carbocycles. The summed E-state index contributed by atoms with van der Waals surface area (Å²) in [4.78, 5) is 10.3. The number of carbonyl (C=O) groups is 1. The predicted molar refractivity (Wildman–Crippen MR) is 46.5 cm³/mol. The second-order valence-electron chi connectivity index (χ2n) is 3.58. The van der Waals surface area contributed by atoms with Crippen LogP contribution in [0, 0.1) is 0 Å². The van der Waals surface area contributed by atoms with Crippen molar-refractivity contribution in [2.75, 3.05) is 13.2 Å². The zero-order valence-corrected chi connectivity index (χ0v) is 7.66. The summed E-state index contributed by atoms with van der Waals surface area (Å²) >= 11 is 0. The minimum atomic E-state index is -0.849. The van der Waals surface area contributed by atoms with Crippen molar-refractivity contribution in [3.8, 4) is 0 Å². The van der Waals surface area contributed by atoms with E-state index in [1.807, 2.05) is 0 Å². The number of aliphatic carboxylic acids is 1. The van der Waals surface area contributed by atoms with Crippen molar-refractivity contribution in [1.29, 1.82) is 0 Å². The van der Waals surface area contributed by atoms with Crippen molar-refractivity contribution in [3.63, 3.8) is 0 Å². The van der Waals surface area contributed by atoms with E-state index in [2.05, 4.69) is 0 Å². The Hall–Kier alpha value is -0.610. The molecule has 4 heteroatoms. The van der Waals surface area contributed by atoms with Gasteiger partial charge < -0.3 is 14.9 Å². The summed E-state index contributed by atoms with van der Waals surface area (Å²) in [5.41, 5.74) is -0.811. The van der Waals surface area contributed by atoms with Crippen molar-refractivity contribution in [2.24, 2.45) is 0 Å². The van der Waals surface area contributed by atoms with Crippen molar-refractivity contribution in [2.45, 2.75) is 37.7 Å². The summed E-state index contributed by atoms with van der Waals surface area (Å²) < 4.78 is 5.19. The molecule has 0 bridgehead atoms. The molecule has 4 nitrogen and oxygen atoms in total. The Bertz CT molecular complexity index is 170. The predicted octanol–water partition coefficient (Wildman–Crippen LogP) is 0.783. The topological polar surface area (TPSA) is 66.8 Å². The van der Waals surface area contributed by atoms with Gasteiger partial charge in [-0.25, -0.2) is 0 Å². The van der Waals surface area contributed by atoms with Gasteiger partial charge in [-0.3, -0.25) is 4.79 Å². The molecule has 1 atom stereocenters. The molecule has 1 saturated heterocycles. The Labute approximate surface area is 77.5 Å². The highest BCUT2D eigenvalue weighted by molar-refractivity contribution is 5.66. The van der Waals surface area contributed by atoms with E-state index < -0.39 is 11.6 Å². The standard InChI is InChI=1S/C9H16O4/c10-8(11)2-4-9(12)3-1-6-13-7-5-9/h12H,1-7H2,(H,10,11). The van der Waals surface area contributed by atoms with Crippen molar-refractivity contribution in [1.82, 2.24) is 0 Å². The van der Waals surface area contributed by atoms with Crippen LogP contribution < -0.4 is 0 Å². The van der Waals surface area contributed by atoms with E-state index in [0.717, 1.165) is 6.42 Å². The number of ether oxygens (including phenoxy) is 1. The lowest BCUT2D eigenvalue weighted by Gasteiger charge is -2.24. The van der Waals surface area contributed by atoms with E-state index >= 15 is 0 Å². The molecule has 2 N–H and O–H groups in total. The monoisotopic (exact) mass is 188 g/mol. The van der Waals surface area contributed by atoms with Crippen LogP contribution >= 0.6 is 0 Å². The first-order valence-corrected chi connectivity index (χ1v) is 4.64. The van der Waals surface area contributed by atoms with Gasteiger partial charge in [-0.1, -0.05) is 0 Å². The maximum absolute atomic E-state index is 10.3. The van der Waals surface area contributed by atoms with Gasteiger partial charge >= 0.3 is 5.97 Å². The lowest BCUT2D eigenvalue weighted by molar-refractivity contribution is -0.138. The van der Waals surface area contributed by atoms with Crippen molar-refractivity contribution < 1.29 is 19.7 Å². The second kappa shape index (κ2) is 4.58. The quantitative estimate of drug-likeness (QED) is 0.687. The molecule has 0 radical (unpaired) electrons. The van der Waals surface area contributed by atoms with Gasteiger partial charge in [-0.2, -0.15) is 0 Å². The molecule has 0 aromatic rings. The second-order valence-corrected chi connectivity index (χ2v) is 3.58. The number of hydrogen-bond acceptors (Lipinski definition) is 3. The molecule has 0 spiro atoms. The number of aliphatic hydroxyl groups is 1. The van der Waals surface area contributed by atoms with Crippen LogP contribution in [0.1, 0.15) is 32.1 Å². The number of carboxylic acid groups (broad SMARTS) is 1. The largest absolute Gasteiger partial charge is 0.481 e. The highest BCUT2D eigenvalue weighted by atomic mass is 16.5. The van der Waals surface area contributed by atoms with E-state index in [-0.39, 0.29) is 6.42 Å². The van der Waals surface area contributed by atoms with Crippen LogP contribution in [0.5, 0.6) is 0 Å². The minimum Gasteiger partial charge on any atom is -0.481 e.